The first kappa shape index (κ1) is 32.9. The van der Waals surface area contributed by atoms with Gasteiger partial charge >= 0.3 is 5.97 Å². The summed E-state index contributed by atoms with van der Waals surface area (Å²) in [4.78, 5) is 37.0. The van der Waals surface area contributed by atoms with Gasteiger partial charge in [0.25, 0.3) is 0 Å². The lowest BCUT2D eigenvalue weighted by Gasteiger charge is -2.62. The zero-order chi connectivity index (χ0) is 31.8. The standard InChI is InChI=1S/C35H51FN2O6/c1-20(8-12-30(41)38-28(33(43)44)11-13-31(42)37-27-7-5-4-6-26(27)36)23-9-10-24-32-25(15-17-35(23,24)3)34(2)16-14-22(39)18-21(34)19-29(32)40/h4-7,20-25,28-29,32,39-40H,8-19H2,1-3H3,(H,37,42)(H,38,41)(H,43,44)/t20-,21-,22-,23-,24+,25+,28+,29-,32+,34+,35-/m1/s1. The highest BCUT2D eigenvalue weighted by atomic mass is 19.1. The summed E-state index contributed by atoms with van der Waals surface area (Å²) >= 11 is 0. The third kappa shape index (κ3) is 6.41. The van der Waals surface area contributed by atoms with Gasteiger partial charge in [-0.15, -0.1) is 0 Å². The maximum atomic E-state index is 13.8. The average molecular weight is 615 g/mol. The van der Waals surface area contributed by atoms with Gasteiger partial charge in [-0.2, -0.15) is 0 Å². The van der Waals surface area contributed by atoms with Crippen LogP contribution in [0.2, 0.25) is 0 Å². The van der Waals surface area contributed by atoms with Gasteiger partial charge in [-0.1, -0.05) is 32.9 Å². The van der Waals surface area contributed by atoms with Crippen molar-refractivity contribution in [2.75, 3.05) is 5.32 Å². The summed E-state index contributed by atoms with van der Waals surface area (Å²) in [6.45, 7) is 7.03. The fourth-order valence-electron chi connectivity index (χ4n) is 10.3. The van der Waals surface area contributed by atoms with E-state index in [-0.39, 0.29) is 65.7 Å². The topological polar surface area (TPSA) is 136 Å². The number of carbonyl (C=O) groups is 3. The van der Waals surface area contributed by atoms with Crippen LogP contribution in [0.25, 0.3) is 0 Å². The van der Waals surface area contributed by atoms with Crippen LogP contribution in [0.15, 0.2) is 24.3 Å². The Hall–Kier alpha value is -2.52. The SMILES string of the molecule is C[C@H](CCC(=O)N[C@@H](CCC(=O)Nc1ccccc1F)C(=O)O)[C@H]1CC[C@H]2[C@@H]3[C@H](O)C[C@H]4C[C@H](O)CC[C@]4(C)[C@H]3CC[C@]12C. The number of nitrogens with one attached hydrogen (secondary N) is 2. The molecule has 1 aromatic carbocycles. The van der Waals surface area contributed by atoms with E-state index in [1.54, 1.807) is 6.07 Å². The third-order valence-corrected chi connectivity index (χ3v) is 12.7. The predicted octanol–water partition coefficient (Wildman–Crippen LogP) is 5.52. The first-order chi connectivity index (χ1) is 20.8. The molecule has 9 heteroatoms. The summed E-state index contributed by atoms with van der Waals surface area (Å²) in [5, 5.41) is 36.5. The average Bonchev–Trinajstić information content (AvgIpc) is 3.33. The van der Waals surface area contributed by atoms with E-state index in [1.165, 1.54) is 18.2 Å². The molecule has 244 valence electrons. The van der Waals surface area contributed by atoms with Gasteiger partial charge in [-0.3, -0.25) is 9.59 Å². The van der Waals surface area contributed by atoms with Gasteiger partial charge in [0.05, 0.1) is 17.9 Å². The second-order valence-electron chi connectivity index (χ2n) is 15.0. The molecule has 4 aliphatic rings. The van der Waals surface area contributed by atoms with Crippen LogP contribution in [-0.4, -0.2) is 51.4 Å². The van der Waals surface area contributed by atoms with Crippen molar-refractivity contribution in [1.82, 2.24) is 5.32 Å². The molecule has 0 heterocycles. The van der Waals surface area contributed by atoms with E-state index < -0.39 is 23.7 Å². The van der Waals surface area contributed by atoms with Crippen LogP contribution in [0.1, 0.15) is 97.8 Å². The number of hydrogen-bond donors (Lipinski definition) is 5. The Morgan fingerprint density at radius 2 is 1.61 bits per heavy atom. The van der Waals surface area contributed by atoms with Crippen molar-refractivity contribution in [2.45, 2.75) is 116 Å². The summed E-state index contributed by atoms with van der Waals surface area (Å²) in [6.07, 6.45) is 7.92. The molecule has 1 aromatic rings. The summed E-state index contributed by atoms with van der Waals surface area (Å²) in [6, 6.07) is 4.56. The second-order valence-corrected chi connectivity index (χ2v) is 15.0. The summed E-state index contributed by atoms with van der Waals surface area (Å²) in [5.74, 6) is -0.313. The number of para-hydroxylation sites is 1. The van der Waals surface area contributed by atoms with E-state index in [0.29, 0.717) is 30.1 Å². The van der Waals surface area contributed by atoms with Crippen LogP contribution in [0.5, 0.6) is 0 Å². The number of hydrogen-bond acceptors (Lipinski definition) is 5. The zero-order valence-electron chi connectivity index (χ0n) is 26.4. The number of carboxylic acid groups (broad SMARTS) is 1. The quantitative estimate of drug-likeness (QED) is 0.236. The van der Waals surface area contributed by atoms with Gasteiger partial charge in [0.15, 0.2) is 0 Å². The van der Waals surface area contributed by atoms with Crippen LogP contribution in [0.3, 0.4) is 0 Å². The molecule has 0 spiro atoms. The van der Waals surface area contributed by atoms with Gasteiger partial charge in [0, 0.05) is 12.8 Å². The number of benzene rings is 1. The summed E-state index contributed by atoms with van der Waals surface area (Å²) < 4.78 is 13.8. The molecule has 44 heavy (non-hydrogen) atoms. The molecule has 0 radical (unpaired) electrons. The Bertz CT molecular complexity index is 1230. The van der Waals surface area contributed by atoms with E-state index in [4.69, 9.17) is 0 Å². The van der Waals surface area contributed by atoms with Crippen LogP contribution >= 0.6 is 0 Å². The number of aliphatic hydroxyl groups excluding tert-OH is 2. The molecule has 5 N–H and O–H groups in total. The molecule has 0 saturated heterocycles. The van der Waals surface area contributed by atoms with E-state index in [9.17, 15) is 34.1 Å². The van der Waals surface area contributed by atoms with Gasteiger partial charge < -0.3 is 26.0 Å². The number of amides is 2. The normalized spacial score (nSPS) is 37.5. The van der Waals surface area contributed by atoms with Crippen molar-refractivity contribution >= 4 is 23.5 Å². The summed E-state index contributed by atoms with van der Waals surface area (Å²) in [5.41, 5.74) is 0.319. The lowest BCUT2D eigenvalue weighted by atomic mass is 9.43. The number of anilines is 1. The number of fused-ring (bicyclic) bond motifs is 5. The minimum absolute atomic E-state index is 0.0314. The number of carboxylic acids is 1. The van der Waals surface area contributed by atoms with E-state index in [1.807, 2.05) is 0 Å². The Balaban J connectivity index is 1.14. The Kier molecular flexibility index (Phi) is 9.76. The molecule has 0 aromatic heterocycles. The molecule has 5 rings (SSSR count). The number of aliphatic hydroxyl groups is 2. The van der Waals surface area contributed by atoms with Crippen molar-refractivity contribution in [3.63, 3.8) is 0 Å². The molecule has 4 saturated carbocycles. The molecule has 0 bridgehead atoms. The van der Waals surface area contributed by atoms with Crippen molar-refractivity contribution in [3.8, 4) is 0 Å². The molecule has 8 nitrogen and oxygen atoms in total. The fraction of sp³-hybridized carbons (Fsp3) is 0.743. The largest absolute Gasteiger partial charge is 0.480 e. The van der Waals surface area contributed by atoms with E-state index in [0.717, 1.165) is 51.4 Å². The Labute approximate surface area is 260 Å². The van der Waals surface area contributed by atoms with E-state index in [2.05, 4.69) is 31.4 Å². The minimum atomic E-state index is -1.21. The molecule has 4 aliphatic carbocycles. The zero-order valence-corrected chi connectivity index (χ0v) is 26.4. The molecular weight excluding hydrogens is 563 g/mol. The number of rotatable bonds is 10. The molecule has 0 unspecified atom stereocenters. The first-order valence-electron chi connectivity index (χ1n) is 16.8. The molecule has 2 amide bonds. The minimum Gasteiger partial charge on any atom is -0.480 e. The second kappa shape index (κ2) is 13.1. The van der Waals surface area contributed by atoms with Gasteiger partial charge in [-0.25, -0.2) is 9.18 Å². The lowest BCUT2D eigenvalue weighted by molar-refractivity contribution is -0.174. The Morgan fingerprint density at radius 1 is 0.932 bits per heavy atom. The lowest BCUT2D eigenvalue weighted by Crippen LogP contribution is -2.58. The van der Waals surface area contributed by atoms with Crippen LogP contribution in [-0.2, 0) is 14.4 Å². The highest BCUT2D eigenvalue weighted by molar-refractivity contribution is 5.91. The van der Waals surface area contributed by atoms with Crippen LogP contribution < -0.4 is 10.6 Å². The molecular formula is C35H51FN2O6. The molecule has 4 fully saturated rings. The number of halogens is 1. The van der Waals surface area contributed by atoms with Gasteiger partial charge in [-0.05, 0) is 123 Å². The monoisotopic (exact) mass is 614 g/mol. The molecule has 0 aliphatic heterocycles. The van der Waals surface area contributed by atoms with Crippen molar-refractivity contribution in [1.29, 1.82) is 0 Å². The van der Waals surface area contributed by atoms with Crippen molar-refractivity contribution in [2.24, 2.45) is 46.3 Å². The maximum Gasteiger partial charge on any atom is 0.326 e. The van der Waals surface area contributed by atoms with Crippen LogP contribution in [0.4, 0.5) is 10.1 Å². The maximum absolute atomic E-state index is 13.8. The number of carbonyl (C=O) groups excluding carboxylic acids is 2. The highest BCUT2D eigenvalue weighted by Gasteiger charge is 2.62. The van der Waals surface area contributed by atoms with Crippen molar-refractivity contribution < 1.29 is 34.1 Å². The Morgan fingerprint density at radius 3 is 2.34 bits per heavy atom. The van der Waals surface area contributed by atoms with Gasteiger partial charge in [0.1, 0.15) is 11.9 Å². The summed E-state index contributed by atoms with van der Waals surface area (Å²) in [7, 11) is 0. The van der Waals surface area contributed by atoms with Crippen LogP contribution in [0, 0.1) is 52.2 Å². The highest BCUT2D eigenvalue weighted by Crippen LogP contribution is 2.68. The molecule has 11 atom stereocenters. The number of aliphatic carboxylic acids is 1. The first-order valence-corrected chi connectivity index (χ1v) is 16.8. The van der Waals surface area contributed by atoms with E-state index >= 15 is 0 Å². The smallest absolute Gasteiger partial charge is 0.326 e. The third-order valence-electron chi connectivity index (χ3n) is 12.7. The predicted molar refractivity (Wildman–Crippen MR) is 165 cm³/mol. The van der Waals surface area contributed by atoms with Gasteiger partial charge in [0.2, 0.25) is 11.8 Å². The fourth-order valence-corrected chi connectivity index (χ4v) is 10.3. The van der Waals surface area contributed by atoms with Crippen molar-refractivity contribution in [3.05, 3.63) is 30.1 Å².